The summed E-state index contributed by atoms with van der Waals surface area (Å²) in [6, 6.07) is 3.86. The zero-order chi connectivity index (χ0) is 45.5. The number of carbonyl (C=O) groups excluding carboxylic acids is 2. The Morgan fingerprint density at radius 2 is 1.15 bits per heavy atom. The number of ether oxygens (including phenoxy) is 4. The van der Waals surface area contributed by atoms with Crippen LogP contribution >= 0.6 is 22.6 Å². The van der Waals surface area contributed by atoms with E-state index in [1.807, 2.05) is 99.7 Å². The third kappa shape index (κ3) is 13.8. The van der Waals surface area contributed by atoms with Crippen LogP contribution in [0.4, 0.5) is 32.6 Å². The number of halogens is 1. The van der Waals surface area contributed by atoms with Crippen LogP contribution in [-0.2, 0) is 28.3 Å². The molecule has 3 saturated heterocycles. The highest BCUT2D eigenvalue weighted by molar-refractivity contribution is 14.1. The van der Waals surface area contributed by atoms with Crippen LogP contribution in [0.3, 0.4) is 0 Å². The number of amides is 2. The van der Waals surface area contributed by atoms with Crippen LogP contribution in [0, 0.1) is 3.57 Å². The number of nitrogens with zero attached hydrogens (tertiary/aromatic N) is 6. The minimum Gasteiger partial charge on any atom is -0.444 e. The summed E-state index contributed by atoms with van der Waals surface area (Å²) in [5, 5.41) is 0. The second kappa shape index (κ2) is 20.8. The maximum Gasteiger partial charge on any atom is 0.490 e. The summed E-state index contributed by atoms with van der Waals surface area (Å²) in [6.45, 7) is 28.2. The van der Waals surface area contributed by atoms with E-state index in [1.165, 1.54) is 0 Å². The van der Waals surface area contributed by atoms with Gasteiger partial charge in [0.05, 0.1) is 46.9 Å². The number of carbonyl (C=O) groups is 2. The molecule has 2 aromatic rings. The Hall–Kier alpha value is -3.85. The first kappa shape index (κ1) is 49.2. The minimum absolute atomic E-state index is 0.267. The summed E-state index contributed by atoms with van der Waals surface area (Å²) in [7, 11) is -0.314. The van der Waals surface area contributed by atoms with Gasteiger partial charge in [-0.2, -0.15) is 0 Å². The zero-order valence-corrected chi connectivity index (χ0v) is 40.6. The number of hydrogen-bond acceptors (Lipinski definition) is 14. The van der Waals surface area contributed by atoms with Crippen LogP contribution in [0.25, 0.3) is 5.57 Å². The summed E-state index contributed by atoms with van der Waals surface area (Å²) in [6.07, 6.45) is 8.65. The maximum absolute atomic E-state index is 12.2. The van der Waals surface area contributed by atoms with Crippen LogP contribution in [0.1, 0.15) is 87.6 Å². The summed E-state index contributed by atoms with van der Waals surface area (Å²) in [5.74, 6) is 1.84. The smallest absolute Gasteiger partial charge is 0.444 e. The SMILES string of the molecule is CC(C)(C)OC(=O)N1CC=C(B2OC(C)(C)C(C)(C)O2)CC1.CC(C)(C)OC(=O)N1CC=C(c2cnc(N3CCOCC3)cc2N)CC1.Nc1cc(N2CCOCC2)ncc1I. The van der Waals surface area contributed by atoms with Gasteiger partial charge in [0.1, 0.15) is 22.8 Å². The number of hydrogen-bond donors (Lipinski definition) is 2. The molecule has 342 valence electrons. The molecule has 0 aliphatic carbocycles. The number of nitrogens with two attached hydrogens (primary N) is 2. The van der Waals surface area contributed by atoms with Crippen molar-refractivity contribution >= 4 is 70.5 Å². The molecule has 5 aliphatic heterocycles. The Bertz CT molecular complexity index is 1910. The third-order valence-electron chi connectivity index (χ3n) is 11.1. The Labute approximate surface area is 382 Å². The van der Waals surface area contributed by atoms with Crippen molar-refractivity contribution in [2.75, 3.05) is 100 Å². The molecular formula is C44H68BIN8O8. The first-order valence-corrected chi connectivity index (χ1v) is 22.6. The number of morpholine rings is 2. The van der Waals surface area contributed by atoms with Gasteiger partial charge in [0.2, 0.25) is 0 Å². The number of pyridine rings is 2. The second-order valence-electron chi connectivity index (χ2n) is 18.8. The average molecular weight is 975 g/mol. The minimum atomic E-state index is -0.481. The van der Waals surface area contributed by atoms with Crippen molar-refractivity contribution in [3.63, 3.8) is 0 Å². The van der Waals surface area contributed by atoms with E-state index in [0.717, 1.165) is 109 Å². The Kier molecular flexibility index (Phi) is 16.5. The van der Waals surface area contributed by atoms with Gasteiger partial charge in [-0.05, 0) is 116 Å². The molecule has 16 nitrogen and oxygen atoms in total. The largest absolute Gasteiger partial charge is 0.490 e. The molecule has 2 amide bonds. The van der Waals surface area contributed by atoms with E-state index in [1.54, 1.807) is 16.0 Å². The first-order chi connectivity index (χ1) is 29.0. The van der Waals surface area contributed by atoms with E-state index in [0.29, 0.717) is 26.2 Å². The molecule has 4 N–H and O–H groups in total. The van der Waals surface area contributed by atoms with Crippen molar-refractivity contribution in [2.45, 2.75) is 104 Å². The van der Waals surface area contributed by atoms with Crippen molar-refractivity contribution in [3.8, 4) is 0 Å². The van der Waals surface area contributed by atoms with E-state index in [2.05, 4.69) is 42.4 Å². The summed E-state index contributed by atoms with van der Waals surface area (Å²) < 4.78 is 34.6. The summed E-state index contributed by atoms with van der Waals surface area (Å²) in [5.41, 5.74) is 15.2. The standard InChI is InChI=1S/C19H28N4O3.C16H28BNO4.C9H12IN3O/c1-19(2,3)26-18(24)23-6-4-14(5-7-23)15-13-21-17(12-16(15)20)22-8-10-25-11-9-22;1-14(2,3)20-13(19)18-10-8-12(9-11-18)17-21-15(4,5)16(6,7)22-17;10-7-6-12-9(5-8(7)11)13-1-3-14-4-2-13/h4,12-13H,5-11H2,1-3H3,(H2,20,21);8H,9-11H2,1-7H3;5-6H,1-4H2,(H2,11,12). The van der Waals surface area contributed by atoms with Gasteiger partial charge in [0.15, 0.2) is 0 Å². The number of rotatable bonds is 4. The van der Waals surface area contributed by atoms with Gasteiger partial charge in [-0.1, -0.05) is 12.2 Å². The number of aromatic nitrogens is 2. The predicted octanol–water partition coefficient (Wildman–Crippen LogP) is 6.81. The van der Waals surface area contributed by atoms with E-state index < -0.39 is 11.2 Å². The Balaban J connectivity index is 0.000000183. The van der Waals surface area contributed by atoms with E-state index >= 15 is 0 Å². The molecule has 5 aliphatic rings. The lowest BCUT2D eigenvalue weighted by Crippen LogP contribution is -2.41. The maximum atomic E-state index is 12.2. The monoisotopic (exact) mass is 974 g/mol. The quantitative estimate of drug-likeness (QED) is 0.241. The molecule has 7 rings (SSSR count). The Morgan fingerprint density at radius 1 is 0.694 bits per heavy atom. The molecular weight excluding hydrogens is 906 g/mol. The van der Waals surface area contributed by atoms with E-state index in [9.17, 15) is 9.59 Å². The van der Waals surface area contributed by atoms with Crippen LogP contribution < -0.4 is 21.3 Å². The molecule has 0 bridgehead atoms. The number of nitrogen functional groups attached to an aromatic ring is 2. The van der Waals surface area contributed by atoms with Gasteiger partial charge in [-0.3, -0.25) is 0 Å². The summed E-state index contributed by atoms with van der Waals surface area (Å²) >= 11 is 2.18. The molecule has 3 fully saturated rings. The van der Waals surface area contributed by atoms with E-state index in [-0.39, 0.29) is 30.5 Å². The highest BCUT2D eigenvalue weighted by atomic mass is 127. The topological polar surface area (TPSA) is 180 Å². The van der Waals surface area contributed by atoms with Gasteiger partial charge in [-0.15, -0.1) is 0 Å². The van der Waals surface area contributed by atoms with Gasteiger partial charge in [0, 0.05) is 88.1 Å². The fourth-order valence-corrected chi connectivity index (χ4v) is 7.19. The van der Waals surface area contributed by atoms with Gasteiger partial charge < -0.3 is 59.3 Å². The molecule has 0 atom stereocenters. The molecule has 18 heteroatoms. The molecule has 7 heterocycles. The normalized spacial score (nSPS) is 20.2. The molecule has 62 heavy (non-hydrogen) atoms. The van der Waals surface area contributed by atoms with Crippen LogP contribution in [0.15, 0.2) is 42.2 Å². The van der Waals surface area contributed by atoms with Crippen LogP contribution in [0.2, 0.25) is 0 Å². The molecule has 0 spiro atoms. The second-order valence-corrected chi connectivity index (χ2v) is 20.0. The lowest BCUT2D eigenvalue weighted by Gasteiger charge is -2.32. The Morgan fingerprint density at radius 3 is 1.55 bits per heavy atom. The first-order valence-electron chi connectivity index (χ1n) is 21.5. The lowest BCUT2D eigenvalue weighted by atomic mass is 9.75. The zero-order valence-electron chi connectivity index (χ0n) is 38.4. The molecule has 2 aromatic heterocycles. The number of anilines is 4. The fourth-order valence-electron chi connectivity index (χ4n) is 6.89. The van der Waals surface area contributed by atoms with Gasteiger partial charge in [-0.25, -0.2) is 19.6 Å². The fraction of sp³-hybridized carbons (Fsp3) is 0.636. The van der Waals surface area contributed by atoms with Gasteiger partial charge in [0.25, 0.3) is 0 Å². The van der Waals surface area contributed by atoms with Crippen molar-refractivity contribution in [1.82, 2.24) is 19.8 Å². The van der Waals surface area contributed by atoms with Crippen LogP contribution in [0.5, 0.6) is 0 Å². The average Bonchev–Trinajstić information content (AvgIpc) is 3.44. The van der Waals surface area contributed by atoms with Gasteiger partial charge >= 0.3 is 19.3 Å². The van der Waals surface area contributed by atoms with Crippen LogP contribution in [-0.4, -0.2) is 140 Å². The molecule has 0 radical (unpaired) electrons. The highest BCUT2D eigenvalue weighted by Crippen LogP contribution is 2.39. The lowest BCUT2D eigenvalue weighted by molar-refractivity contribution is 0.00578. The van der Waals surface area contributed by atoms with E-state index in [4.69, 9.17) is 39.7 Å². The molecule has 0 saturated carbocycles. The predicted molar refractivity (Wildman–Crippen MR) is 253 cm³/mol. The summed E-state index contributed by atoms with van der Waals surface area (Å²) in [4.78, 5) is 40.9. The van der Waals surface area contributed by atoms with Crippen molar-refractivity contribution < 1.29 is 37.8 Å². The third-order valence-corrected chi connectivity index (χ3v) is 12.0. The van der Waals surface area contributed by atoms with Crippen molar-refractivity contribution in [3.05, 3.63) is 51.3 Å². The highest BCUT2D eigenvalue weighted by Gasteiger charge is 2.52. The molecule has 0 aromatic carbocycles. The molecule has 0 unspecified atom stereocenters. The van der Waals surface area contributed by atoms with Crippen molar-refractivity contribution in [2.24, 2.45) is 0 Å². The van der Waals surface area contributed by atoms with Crippen molar-refractivity contribution in [1.29, 1.82) is 0 Å².